The maximum atomic E-state index is 11.8. The van der Waals surface area contributed by atoms with E-state index in [9.17, 15) is 4.79 Å². The number of carbonyl (C=O) groups is 1. The molecular formula is C22H25N3O2S2. The number of nitrogens with zero attached hydrogens (tertiary/aromatic N) is 2. The average Bonchev–Trinajstić information content (AvgIpc) is 3.27. The number of carbonyl (C=O) groups excluding carboxylic acids is 1. The predicted octanol–water partition coefficient (Wildman–Crippen LogP) is 4.43. The Morgan fingerprint density at radius 1 is 1.14 bits per heavy atom. The van der Waals surface area contributed by atoms with E-state index in [2.05, 4.69) is 27.6 Å². The van der Waals surface area contributed by atoms with Crippen LogP contribution in [0.4, 0.5) is 5.69 Å². The van der Waals surface area contributed by atoms with Crippen molar-refractivity contribution in [2.75, 3.05) is 37.1 Å². The summed E-state index contributed by atoms with van der Waals surface area (Å²) in [6.45, 7) is -0.0701. The fourth-order valence-corrected chi connectivity index (χ4v) is 5.50. The molecule has 1 aliphatic heterocycles. The van der Waals surface area contributed by atoms with Gasteiger partial charge in [-0.2, -0.15) is 5.10 Å². The summed E-state index contributed by atoms with van der Waals surface area (Å²) in [7, 11) is 4.02. The first-order valence-electron chi connectivity index (χ1n) is 9.34. The summed E-state index contributed by atoms with van der Waals surface area (Å²) >= 11 is 3.93. The molecule has 1 saturated heterocycles. The van der Waals surface area contributed by atoms with Crippen LogP contribution in [-0.4, -0.2) is 44.3 Å². The van der Waals surface area contributed by atoms with Crippen LogP contribution in [0.25, 0.3) is 6.08 Å². The number of allylic oxidation sites excluding steroid dienone is 1. The molecule has 1 fully saturated rings. The molecule has 0 spiro atoms. The first kappa shape index (κ1) is 21.3. The summed E-state index contributed by atoms with van der Waals surface area (Å²) in [5.74, 6) is 2.79. The van der Waals surface area contributed by atoms with Gasteiger partial charge in [-0.15, -0.1) is 23.5 Å². The minimum atomic E-state index is -0.295. The quantitative estimate of drug-likeness (QED) is 0.499. The molecule has 2 aromatic rings. The standard InChI is InChI=1S/C22H25N3O2S2/c1-25(2)19-9-5-17(6-10-19)4-3-13-23-24-21(26)16-27-20-11-7-18(8-12-20)22-28-14-15-29-22/h3-13,22H,14-16H2,1-2H3,(H,24,26)/b4-3+,23-13-. The number of amides is 1. The largest absolute Gasteiger partial charge is 0.484 e. The van der Waals surface area contributed by atoms with E-state index in [1.807, 2.05) is 80.1 Å². The second kappa shape index (κ2) is 11.0. The molecule has 0 bridgehead atoms. The zero-order valence-corrected chi connectivity index (χ0v) is 18.2. The highest BCUT2D eigenvalue weighted by molar-refractivity contribution is 8.19. The SMILES string of the molecule is CN(C)c1ccc(/C=C/C=N\NC(=O)COc2ccc(C3SCCS3)cc2)cc1. The second-order valence-corrected chi connectivity index (χ2v) is 9.31. The molecule has 1 aliphatic rings. The first-order chi connectivity index (χ1) is 14.1. The third-order valence-electron chi connectivity index (χ3n) is 4.19. The second-order valence-electron chi connectivity index (χ2n) is 6.59. The first-order valence-corrected chi connectivity index (χ1v) is 11.4. The molecular weight excluding hydrogens is 402 g/mol. The topological polar surface area (TPSA) is 53.9 Å². The molecule has 2 aromatic carbocycles. The molecule has 29 heavy (non-hydrogen) atoms. The number of anilines is 1. The highest BCUT2D eigenvalue weighted by Gasteiger charge is 2.17. The number of hydrogen-bond acceptors (Lipinski definition) is 6. The lowest BCUT2D eigenvalue weighted by Gasteiger charge is -2.11. The van der Waals surface area contributed by atoms with Gasteiger partial charge in [0.2, 0.25) is 0 Å². The van der Waals surface area contributed by atoms with Crippen LogP contribution in [0.3, 0.4) is 0 Å². The molecule has 5 nitrogen and oxygen atoms in total. The summed E-state index contributed by atoms with van der Waals surface area (Å²) in [5, 5.41) is 3.91. The third-order valence-corrected chi connectivity index (χ3v) is 7.30. The van der Waals surface area contributed by atoms with Gasteiger partial charge in [-0.3, -0.25) is 4.79 Å². The Kier molecular flexibility index (Phi) is 8.07. The van der Waals surface area contributed by atoms with E-state index in [0.717, 1.165) is 11.3 Å². The van der Waals surface area contributed by atoms with Gasteiger partial charge in [-0.05, 0) is 41.5 Å². The normalized spacial score (nSPS) is 14.6. The zero-order chi connectivity index (χ0) is 20.5. The third kappa shape index (κ3) is 6.87. The van der Waals surface area contributed by atoms with E-state index in [0.29, 0.717) is 10.3 Å². The van der Waals surface area contributed by atoms with E-state index < -0.39 is 0 Å². The van der Waals surface area contributed by atoms with E-state index >= 15 is 0 Å². The Labute approximate surface area is 180 Å². The van der Waals surface area contributed by atoms with Gasteiger partial charge < -0.3 is 9.64 Å². The fraction of sp³-hybridized carbons (Fsp3) is 0.273. The Morgan fingerprint density at radius 2 is 1.83 bits per heavy atom. The molecule has 152 valence electrons. The lowest BCUT2D eigenvalue weighted by atomic mass is 10.2. The van der Waals surface area contributed by atoms with Crippen LogP contribution in [-0.2, 0) is 4.79 Å². The van der Waals surface area contributed by atoms with Gasteiger partial charge in [-0.25, -0.2) is 5.43 Å². The van der Waals surface area contributed by atoms with Crippen LogP contribution in [0.15, 0.2) is 59.7 Å². The van der Waals surface area contributed by atoms with Crippen LogP contribution in [0.2, 0.25) is 0 Å². The van der Waals surface area contributed by atoms with Crippen LogP contribution < -0.4 is 15.1 Å². The number of ether oxygens (including phenoxy) is 1. The van der Waals surface area contributed by atoms with E-state index in [1.165, 1.54) is 17.1 Å². The van der Waals surface area contributed by atoms with E-state index in [1.54, 1.807) is 12.3 Å². The minimum absolute atomic E-state index is 0.0701. The summed E-state index contributed by atoms with van der Waals surface area (Å²) in [6.07, 6.45) is 5.25. The molecule has 1 N–H and O–H groups in total. The molecule has 0 aliphatic carbocycles. The molecule has 0 unspecified atom stereocenters. The van der Waals surface area contributed by atoms with Crippen LogP contribution >= 0.6 is 23.5 Å². The van der Waals surface area contributed by atoms with Gasteiger partial charge in [0.25, 0.3) is 5.91 Å². The Morgan fingerprint density at radius 3 is 2.48 bits per heavy atom. The van der Waals surface area contributed by atoms with E-state index in [-0.39, 0.29) is 12.5 Å². The van der Waals surface area contributed by atoms with Crippen LogP contribution in [0, 0.1) is 0 Å². The maximum Gasteiger partial charge on any atom is 0.277 e. The van der Waals surface area contributed by atoms with Gasteiger partial charge in [0.05, 0.1) is 4.58 Å². The molecule has 0 radical (unpaired) electrons. The maximum absolute atomic E-state index is 11.8. The van der Waals surface area contributed by atoms with Crippen molar-refractivity contribution in [3.8, 4) is 5.75 Å². The summed E-state index contributed by atoms with van der Waals surface area (Å²) in [6, 6.07) is 16.1. The van der Waals surface area contributed by atoms with Crippen molar-refractivity contribution >= 4 is 47.4 Å². The number of hydrazone groups is 1. The molecule has 1 amide bonds. The lowest BCUT2D eigenvalue weighted by Crippen LogP contribution is -2.24. The van der Waals surface area contributed by atoms with Crippen molar-refractivity contribution in [3.63, 3.8) is 0 Å². The van der Waals surface area contributed by atoms with Crippen molar-refractivity contribution in [2.24, 2.45) is 5.10 Å². The lowest BCUT2D eigenvalue weighted by molar-refractivity contribution is -0.123. The molecule has 0 aromatic heterocycles. The summed E-state index contributed by atoms with van der Waals surface area (Å²) in [4.78, 5) is 13.9. The zero-order valence-electron chi connectivity index (χ0n) is 16.6. The molecule has 0 atom stereocenters. The minimum Gasteiger partial charge on any atom is -0.484 e. The van der Waals surface area contributed by atoms with Gasteiger partial charge in [-0.1, -0.05) is 30.3 Å². The Bertz CT molecular complexity index is 843. The predicted molar refractivity (Wildman–Crippen MR) is 126 cm³/mol. The van der Waals surface area contributed by atoms with Crippen molar-refractivity contribution in [1.82, 2.24) is 5.43 Å². The van der Waals surface area contributed by atoms with Crippen LogP contribution in [0.5, 0.6) is 5.75 Å². The Hall–Kier alpha value is -2.38. The number of nitrogens with one attached hydrogen (secondary N) is 1. The summed E-state index contributed by atoms with van der Waals surface area (Å²) in [5.41, 5.74) is 5.97. The van der Waals surface area contributed by atoms with Crippen molar-refractivity contribution in [3.05, 3.63) is 65.7 Å². The van der Waals surface area contributed by atoms with E-state index in [4.69, 9.17) is 4.74 Å². The van der Waals surface area contributed by atoms with Crippen molar-refractivity contribution < 1.29 is 9.53 Å². The highest BCUT2D eigenvalue weighted by Crippen LogP contribution is 2.45. The fourth-order valence-electron chi connectivity index (χ4n) is 2.64. The van der Waals surface area contributed by atoms with Crippen molar-refractivity contribution in [2.45, 2.75) is 4.58 Å². The van der Waals surface area contributed by atoms with Gasteiger partial charge >= 0.3 is 0 Å². The molecule has 3 rings (SSSR count). The smallest absolute Gasteiger partial charge is 0.277 e. The summed E-state index contributed by atoms with van der Waals surface area (Å²) < 4.78 is 6.04. The van der Waals surface area contributed by atoms with Gasteiger partial charge in [0.1, 0.15) is 5.75 Å². The average molecular weight is 428 g/mol. The van der Waals surface area contributed by atoms with Gasteiger partial charge in [0, 0.05) is 37.5 Å². The van der Waals surface area contributed by atoms with Gasteiger partial charge in [0.15, 0.2) is 6.61 Å². The molecule has 1 heterocycles. The molecule has 7 heteroatoms. The number of rotatable bonds is 8. The van der Waals surface area contributed by atoms with Crippen LogP contribution in [0.1, 0.15) is 15.7 Å². The number of benzene rings is 2. The Balaban J connectivity index is 1.38. The number of thioether (sulfide) groups is 2. The monoisotopic (exact) mass is 427 g/mol. The highest BCUT2D eigenvalue weighted by atomic mass is 32.2. The molecule has 0 saturated carbocycles. The van der Waals surface area contributed by atoms with Crippen molar-refractivity contribution in [1.29, 1.82) is 0 Å². The number of hydrogen-bond donors (Lipinski definition) is 1.